The third-order valence-electron chi connectivity index (χ3n) is 4.81. The van der Waals surface area contributed by atoms with Gasteiger partial charge in [0.1, 0.15) is 5.75 Å². The molecule has 4 rings (SSSR count). The highest BCUT2D eigenvalue weighted by atomic mass is 32.1. The van der Waals surface area contributed by atoms with E-state index < -0.39 is 17.6 Å². The van der Waals surface area contributed by atoms with E-state index >= 15 is 0 Å². The number of carbonyl (C=O) groups is 1. The zero-order chi connectivity index (χ0) is 22.8. The third-order valence-corrected chi connectivity index (χ3v) is 5.01. The van der Waals surface area contributed by atoms with E-state index in [1.54, 1.807) is 30.3 Å². The smallest absolute Gasteiger partial charge is 0.335 e. The van der Waals surface area contributed by atoms with Gasteiger partial charge in [-0.1, -0.05) is 0 Å². The van der Waals surface area contributed by atoms with Gasteiger partial charge >= 0.3 is 5.97 Å². The minimum Gasteiger partial charge on any atom is -0.495 e. The largest absolute Gasteiger partial charge is 0.495 e. The van der Waals surface area contributed by atoms with Gasteiger partial charge in [0.2, 0.25) is 0 Å². The maximum Gasteiger partial charge on any atom is 0.335 e. The highest BCUT2D eigenvalue weighted by molar-refractivity contribution is 7.80. The van der Waals surface area contributed by atoms with Crippen LogP contribution < -0.4 is 15.4 Å². The summed E-state index contributed by atoms with van der Waals surface area (Å²) in [5.41, 5.74) is 3.24. The molecule has 0 unspecified atom stereocenters. The van der Waals surface area contributed by atoms with Gasteiger partial charge in [-0.3, -0.25) is 0 Å². The van der Waals surface area contributed by atoms with E-state index in [2.05, 4.69) is 15.6 Å². The first kappa shape index (κ1) is 21.3. The molecule has 3 aromatic carbocycles. The highest BCUT2D eigenvalue weighted by Gasteiger charge is 2.12. The lowest BCUT2D eigenvalue weighted by atomic mass is 10.1. The summed E-state index contributed by atoms with van der Waals surface area (Å²) in [5, 5.41) is 15.8. The molecule has 0 aliphatic heterocycles. The van der Waals surface area contributed by atoms with Crippen LogP contribution in [0.15, 0.2) is 60.7 Å². The zero-order valence-corrected chi connectivity index (χ0v) is 17.5. The number of hydrogen-bond acceptors (Lipinski definition) is 3. The molecular formula is C23H17F2N3O3S. The number of H-pyrrole nitrogens is 1. The van der Waals surface area contributed by atoms with Gasteiger partial charge in [0.15, 0.2) is 16.7 Å². The fourth-order valence-electron chi connectivity index (χ4n) is 3.24. The van der Waals surface area contributed by atoms with E-state index in [0.29, 0.717) is 33.7 Å². The summed E-state index contributed by atoms with van der Waals surface area (Å²) in [6.45, 7) is 0. The van der Waals surface area contributed by atoms with Crippen LogP contribution in [-0.4, -0.2) is 28.3 Å². The molecule has 0 spiro atoms. The summed E-state index contributed by atoms with van der Waals surface area (Å²) >= 11 is 5.37. The molecule has 162 valence electrons. The summed E-state index contributed by atoms with van der Waals surface area (Å²) < 4.78 is 32.5. The summed E-state index contributed by atoms with van der Waals surface area (Å²) in [4.78, 5) is 14.1. The minimum absolute atomic E-state index is 0.168. The summed E-state index contributed by atoms with van der Waals surface area (Å²) in [6.07, 6.45) is 0. The molecule has 4 aromatic rings. The molecule has 1 heterocycles. The summed E-state index contributed by atoms with van der Waals surface area (Å²) in [5.74, 6) is -2.31. The predicted molar refractivity (Wildman–Crippen MR) is 123 cm³/mol. The van der Waals surface area contributed by atoms with Crippen molar-refractivity contribution in [2.45, 2.75) is 0 Å². The summed E-state index contributed by atoms with van der Waals surface area (Å²) in [6, 6.07) is 15.5. The lowest BCUT2D eigenvalue weighted by Gasteiger charge is -2.14. The van der Waals surface area contributed by atoms with Crippen LogP contribution in [0, 0.1) is 11.6 Å². The Morgan fingerprint density at radius 2 is 1.72 bits per heavy atom. The molecule has 0 amide bonds. The topological polar surface area (TPSA) is 86.4 Å². The number of rotatable bonds is 5. The lowest BCUT2D eigenvalue weighted by molar-refractivity contribution is 0.0697. The number of ether oxygens (including phenoxy) is 1. The number of carboxylic acids is 1. The molecule has 6 nitrogen and oxygen atoms in total. The Morgan fingerprint density at radius 3 is 2.41 bits per heavy atom. The van der Waals surface area contributed by atoms with E-state index in [1.807, 2.05) is 6.07 Å². The molecule has 9 heteroatoms. The number of carboxylic acid groups (broad SMARTS) is 1. The number of methoxy groups -OCH3 is 1. The van der Waals surface area contributed by atoms with E-state index in [1.165, 1.54) is 19.2 Å². The maximum absolute atomic E-state index is 13.5. The predicted octanol–water partition coefficient (Wildman–Crippen LogP) is 5.63. The van der Waals surface area contributed by atoms with Crippen LogP contribution in [0.2, 0.25) is 0 Å². The Balaban J connectivity index is 1.58. The van der Waals surface area contributed by atoms with Gasteiger partial charge in [0.05, 0.1) is 18.4 Å². The van der Waals surface area contributed by atoms with Crippen molar-refractivity contribution in [2.24, 2.45) is 0 Å². The van der Waals surface area contributed by atoms with Crippen molar-refractivity contribution in [1.29, 1.82) is 0 Å². The van der Waals surface area contributed by atoms with Crippen molar-refractivity contribution < 1.29 is 23.4 Å². The number of fused-ring (bicyclic) bond motifs is 1. The average Bonchev–Trinajstić information content (AvgIpc) is 3.17. The van der Waals surface area contributed by atoms with Crippen LogP contribution in [0.4, 0.5) is 20.2 Å². The zero-order valence-electron chi connectivity index (χ0n) is 16.7. The maximum atomic E-state index is 13.5. The van der Waals surface area contributed by atoms with Gasteiger partial charge < -0.3 is 25.5 Å². The number of hydrogen-bond donors (Lipinski definition) is 4. The monoisotopic (exact) mass is 453 g/mol. The molecule has 0 bridgehead atoms. The Hall–Kier alpha value is -3.98. The Morgan fingerprint density at radius 1 is 1.00 bits per heavy atom. The second-order valence-electron chi connectivity index (χ2n) is 6.91. The molecule has 0 saturated carbocycles. The Kier molecular flexibility index (Phi) is 5.74. The number of benzene rings is 3. The Labute approximate surface area is 186 Å². The molecule has 4 N–H and O–H groups in total. The van der Waals surface area contributed by atoms with E-state index in [-0.39, 0.29) is 10.7 Å². The number of halogens is 2. The fourth-order valence-corrected chi connectivity index (χ4v) is 3.46. The summed E-state index contributed by atoms with van der Waals surface area (Å²) in [7, 11) is 1.52. The second-order valence-corrected chi connectivity index (χ2v) is 7.32. The first-order chi connectivity index (χ1) is 15.3. The van der Waals surface area contributed by atoms with Crippen molar-refractivity contribution >= 4 is 45.6 Å². The van der Waals surface area contributed by atoms with E-state index in [4.69, 9.17) is 22.1 Å². The molecular weight excluding hydrogens is 436 g/mol. The Bertz CT molecular complexity index is 1300. The van der Waals surface area contributed by atoms with Gasteiger partial charge in [-0.2, -0.15) is 0 Å². The van der Waals surface area contributed by atoms with Crippen molar-refractivity contribution in [3.8, 4) is 17.0 Å². The standard InChI is InChI=1S/C23H17F2N3O3S/c1-31-21-7-4-13(18-10-14-8-16(24)17(25)11-19(14)27-18)9-20(21)28-23(32)26-15-5-2-12(3-6-15)22(29)30/h2-11,27H,1H3,(H,29,30)(H2,26,28,32). The van der Waals surface area contributed by atoms with Crippen molar-refractivity contribution in [3.63, 3.8) is 0 Å². The van der Waals surface area contributed by atoms with Crippen LogP contribution in [0.5, 0.6) is 5.75 Å². The molecule has 32 heavy (non-hydrogen) atoms. The van der Waals surface area contributed by atoms with Crippen LogP contribution in [-0.2, 0) is 0 Å². The SMILES string of the molecule is COc1ccc(-c2cc3cc(F)c(F)cc3[nH]2)cc1NC(=S)Nc1ccc(C(=O)O)cc1. The molecule has 0 aliphatic carbocycles. The normalized spacial score (nSPS) is 10.7. The number of nitrogens with one attached hydrogen (secondary N) is 3. The van der Waals surface area contributed by atoms with Gasteiger partial charge in [0.25, 0.3) is 0 Å². The molecule has 0 fully saturated rings. The number of aromatic amines is 1. The third kappa shape index (κ3) is 4.37. The van der Waals surface area contributed by atoms with Gasteiger partial charge in [-0.25, -0.2) is 13.6 Å². The highest BCUT2D eigenvalue weighted by Crippen LogP contribution is 2.32. The fraction of sp³-hybridized carbons (Fsp3) is 0.0435. The van der Waals surface area contributed by atoms with Gasteiger partial charge in [-0.15, -0.1) is 0 Å². The lowest BCUT2D eigenvalue weighted by Crippen LogP contribution is -2.19. The van der Waals surface area contributed by atoms with Crippen LogP contribution in [0.3, 0.4) is 0 Å². The number of aromatic carboxylic acids is 1. The molecule has 0 saturated heterocycles. The van der Waals surface area contributed by atoms with Gasteiger partial charge in [0, 0.05) is 33.9 Å². The molecule has 0 aliphatic rings. The van der Waals surface area contributed by atoms with Crippen molar-refractivity contribution in [3.05, 3.63) is 77.9 Å². The number of thiocarbonyl (C=S) groups is 1. The van der Waals surface area contributed by atoms with Crippen LogP contribution in [0.1, 0.15) is 10.4 Å². The first-order valence-corrected chi connectivity index (χ1v) is 9.82. The second kappa shape index (κ2) is 8.64. The van der Waals surface area contributed by atoms with Crippen LogP contribution >= 0.6 is 12.2 Å². The average molecular weight is 453 g/mol. The molecule has 0 atom stereocenters. The number of aromatic nitrogens is 1. The van der Waals surface area contributed by atoms with Crippen molar-refractivity contribution in [1.82, 2.24) is 4.98 Å². The quantitative estimate of drug-likeness (QED) is 0.293. The van der Waals surface area contributed by atoms with Crippen LogP contribution in [0.25, 0.3) is 22.2 Å². The van der Waals surface area contributed by atoms with E-state index in [0.717, 1.165) is 17.7 Å². The van der Waals surface area contributed by atoms with Crippen molar-refractivity contribution in [2.75, 3.05) is 17.7 Å². The van der Waals surface area contributed by atoms with E-state index in [9.17, 15) is 13.6 Å². The molecule has 1 aromatic heterocycles. The molecule has 0 radical (unpaired) electrons. The van der Waals surface area contributed by atoms with Gasteiger partial charge in [-0.05, 0) is 66.8 Å². The first-order valence-electron chi connectivity index (χ1n) is 9.41. The minimum atomic E-state index is -1.01. The number of anilines is 2.